The quantitative estimate of drug-likeness (QED) is 0.507. The van der Waals surface area contributed by atoms with Crippen LogP contribution in [0.5, 0.6) is 0 Å². The molecule has 15 heavy (non-hydrogen) atoms. The summed E-state index contributed by atoms with van der Waals surface area (Å²) in [7, 11) is 0. The maximum Gasteiger partial charge on any atom is 0.494 e. The van der Waals surface area contributed by atoms with E-state index in [1.165, 1.54) is 6.92 Å². The van der Waals surface area contributed by atoms with Gasteiger partial charge in [-0.25, -0.2) is 9.47 Å². The van der Waals surface area contributed by atoms with Crippen LogP contribution in [0.2, 0.25) is 0 Å². The topological polar surface area (TPSA) is 27.7 Å². The third-order valence-corrected chi connectivity index (χ3v) is 0.969. The minimum absolute atomic E-state index is 0.166. The molecule has 0 aromatic heterocycles. The highest BCUT2D eigenvalue weighted by atomic mass is 19.3. The molecule has 0 spiro atoms. The molecule has 0 aliphatic rings. The summed E-state index contributed by atoms with van der Waals surface area (Å²) < 4.78 is 81.1. The first kappa shape index (κ1) is 14.5. The van der Waals surface area contributed by atoms with Crippen molar-refractivity contribution in [3.8, 4) is 0 Å². The highest BCUT2D eigenvalue weighted by molar-refractivity contribution is 4.51. The summed E-state index contributed by atoms with van der Waals surface area (Å²) in [6.07, 6.45) is -9.48. The third-order valence-electron chi connectivity index (χ3n) is 0.969. The zero-order valence-corrected chi connectivity index (χ0v) is 7.48. The average molecular weight is 242 g/mol. The average Bonchev–Trinajstić information content (AvgIpc) is 1.95. The molecule has 92 valence electrons. The Morgan fingerprint density at radius 3 is 2.07 bits per heavy atom. The van der Waals surface area contributed by atoms with E-state index in [1.54, 1.807) is 0 Å². The molecular formula is C6H8F6O3. The van der Waals surface area contributed by atoms with Crippen LogP contribution in [0.15, 0.2) is 0 Å². The Balaban J connectivity index is 4.16. The Kier molecular flexibility index (Phi) is 5.32. The first-order valence-electron chi connectivity index (χ1n) is 3.68. The number of alkyl halides is 6. The third kappa shape index (κ3) is 7.40. The SMILES string of the molecule is CCOCC(F)(F)OC(F)(F)OC(F)F. The van der Waals surface area contributed by atoms with Crippen molar-refractivity contribution in [1.29, 1.82) is 0 Å². The van der Waals surface area contributed by atoms with Gasteiger partial charge in [0.25, 0.3) is 0 Å². The molecule has 0 saturated heterocycles. The fraction of sp³-hybridized carbons (Fsp3) is 1.00. The molecule has 0 unspecified atom stereocenters. The summed E-state index contributed by atoms with van der Waals surface area (Å²) in [5.41, 5.74) is 0. The molecule has 0 N–H and O–H groups in total. The molecule has 0 fully saturated rings. The molecule has 0 aliphatic heterocycles. The van der Waals surface area contributed by atoms with Crippen molar-refractivity contribution >= 4 is 0 Å². The summed E-state index contributed by atoms with van der Waals surface area (Å²) in [5, 5.41) is 0. The first-order valence-corrected chi connectivity index (χ1v) is 3.68. The van der Waals surface area contributed by atoms with Gasteiger partial charge in [0.15, 0.2) is 0 Å². The van der Waals surface area contributed by atoms with E-state index in [0.717, 1.165) is 0 Å². The molecule has 0 rings (SSSR count). The van der Waals surface area contributed by atoms with Gasteiger partial charge in [0.1, 0.15) is 6.61 Å². The van der Waals surface area contributed by atoms with Crippen LogP contribution in [0.4, 0.5) is 26.3 Å². The Bertz CT molecular complexity index is 186. The molecule has 0 aromatic carbocycles. The van der Waals surface area contributed by atoms with Crippen molar-refractivity contribution in [1.82, 2.24) is 0 Å². The van der Waals surface area contributed by atoms with Crippen LogP contribution in [0.3, 0.4) is 0 Å². The largest absolute Gasteiger partial charge is 0.494 e. The van der Waals surface area contributed by atoms with E-state index in [2.05, 4.69) is 14.2 Å². The lowest BCUT2D eigenvalue weighted by Gasteiger charge is -2.22. The lowest BCUT2D eigenvalue weighted by atomic mass is 10.6. The molecule has 0 bridgehead atoms. The molecule has 0 amide bonds. The van der Waals surface area contributed by atoms with Gasteiger partial charge in [0.05, 0.1) is 0 Å². The monoisotopic (exact) mass is 242 g/mol. The second-order valence-corrected chi connectivity index (χ2v) is 2.22. The smallest absolute Gasteiger partial charge is 0.373 e. The maximum atomic E-state index is 12.4. The van der Waals surface area contributed by atoms with Crippen LogP contribution in [-0.4, -0.2) is 32.2 Å². The summed E-state index contributed by atoms with van der Waals surface area (Å²) in [4.78, 5) is 0. The van der Waals surface area contributed by atoms with Crippen LogP contribution >= 0.6 is 0 Å². The Morgan fingerprint density at radius 1 is 1.13 bits per heavy atom. The summed E-state index contributed by atoms with van der Waals surface area (Å²) >= 11 is 0. The first-order chi connectivity index (χ1) is 6.68. The normalized spacial score (nSPS) is 13.6. The van der Waals surface area contributed by atoms with Crippen LogP contribution in [0, 0.1) is 0 Å². The van der Waals surface area contributed by atoms with Crippen LogP contribution in [0.1, 0.15) is 6.92 Å². The molecule has 0 aromatic rings. The Morgan fingerprint density at radius 2 is 1.67 bits per heavy atom. The van der Waals surface area contributed by atoms with E-state index in [-0.39, 0.29) is 6.61 Å². The van der Waals surface area contributed by atoms with Crippen LogP contribution in [-0.2, 0) is 14.2 Å². The summed E-state index contributed by atoms with van der Waals surface area (Å²) in [6.45, 7) is -4.24. The van der Waals surface area contributed by atoms with Crippen molar-refractivity contribution in [3.05, 3.63) is 0 Å². The maximum absolute atomic E-state index is 12.4. The van der Waals surface area contributed by atoms with Crippen molar-refractivity contribution in [3.63, 3.8) is 0 Å². The van der Waals surface area contributed by atoms with E-state index in [9.17, 15) is 26.3 Å². The van der Waals surface area contributed by atoms with Gasteiger partial charge in [0, 0.05) is 6.61 Å². The molecule has 0 atom stereocenters. The van der Waals surface area contributed by atoms with E-state index in [4.69, 9.17) is 0 Å². The van der Waals surface area contributed by atoms with Gasteiger partial charge in [-0.05, 0) is 6.92 Å². The van der Waals surface area contributed by atoms with Crippen molar-refractivity contribution in [2.24, 2.45) is 0 Å². The minimum atomic E-state index is -5.07. The van der Waals surface area contributed by atoms with E-state index in [1.807, 2.05) is 0 Å². The zero-order valence-electron chi connectivity index (χ0n) is 7.48. The van der Waals surface area contributed by atoms with Gasteiger partial charge in [0.2, 0.25) is 0 Å². The molecular weight excluding hydrogens is 234 g/mol. The number of hydrogen-bond acceptors (Lipinski definition) is 3. The second kappa shape index (κ2) is 5.52. The number of ether oxygens (including phenoxy) is 3. The van der Waals surface area contributed by atoms with E-state index in [0.29, 0.717) is 0 Å². The highest BCUT2D eigenvalue weighted by Crippen LogP contribution is 2.29. The van der Waals surface area contributed by atoms with Crippen LogP contribution in [0.25, 0.3) is 0 Å². The number of hydrogen-bond donors (Lipinski definition) is 0. The van der Waals surface area contributed by atoms with Gasteiger partial charge in [-0.1, -0.05) is 0 Å². The van der Waals surface area contributed by atoms with Crippen LogP contribution < -0.4 is 0 Å². The number of rotatable bonds is 7. The Labute approximate surface area is 80.9 Å². The fourth-order valence-electron chi connectivity index (χ4n) is 0.552. The van der Waals surface area contributed by atoms with Gasteiger partial charge >= 0.3 is 19.0 Å². The fourth-order valence-corrected chi connectivity index (χ4v) is 0.552. The van der Waals surface area contributed by atoms with Crippen molar-refractivity contribution in [2.75, 3.05) is 13.2 Å². The van der Waals surface area contributed by atoms with Gasteiger partial charge in [-0.15, -0.1) is 8.78 Å². The summed E-state index contributed by atoms with van der Waals surface area (Å²) in [5.74, 6) is 0. The van der Waals surface area contributed by atoms with Crippen molar-refractivity contribution in [2.45, 2.75) is 25.9 Å². The second-order valence-electron chi connectivity index (χ2n) is 2.22. The number of halogens is 6. The molecule has 0 saturated carbocycles. The molecule has 0 aliphatic carbocycles. The Hall–Kier alpha value is -0.540. The highest BCUT2D eigenvalue weighted by Gasteiger charge is 2.47. The van der Waals surface area contributed by atoms with E-state index < -0.39 is 25.6 Å². The standard InChI is InChI=1S/C6H8F6O3/c1-2-13-3-5(9,10)15-6(11,12)14-4(7)8/h4H,2-3H2,1H3. The van der Waals surface area contributed by atoms with Crippen molar-refractivity contribution < 1.29 is 40.6 Å². The predicted octanol–water partition coefficient (Wildman–Crippen LogP) is 2.42. The predicted molar refractivity (Wildman–Crippen MR) is 34.6 cm³/mol. The van der Waals surface area contributed by atoms with E-state index >= 15 is 0 Å². The van der Waals surface area contributed by atoms with Gasteiger partial charge in [-0.2, -0.15) is 17.6 Å². The van der Waals surface area contributed by atoms with Gasteiger partial charge in [-0.3, -0.25) is 0 Å². The molecule has 9 heteroatoms. The molecule has 0 heterocycles. The van der Waals surface area contributed by atoms with Gasteiger partial charge < -0.3 is 4.74 Å². The lowest BCUT2D eigenvalue weighted by Crippen LogP contribution is -2.39. The zero-order chi connectivity index (χ0) is 12.1. The molecule has 0 radical (unpaired) electrons. The lowest BCUT2D eigenvalue weighted by molar-refractivity contribution is -0.495. The minimum Gasteiger partial charge on any atom is -0.373 e. The molecule has 3 nitrogen and oxygen atoms in total. The summed E-state index contributed by atoms with van der Waals surface area (Å²) in [6, 6.07) is 0.